The van der Waals surface area contributed by atoms with E-state index in [1.54, 1.807) is 6.07 Å². The number of hydrogen-bond acceptors (Lipinski definition) is 4. The van der Waals surface area contributed by atoms with Crippen LogP contribution in [0.15, 0.2) is 36.4 Å². The Hall–Kier alpha value is -1.36. The molecule has 1 aromatic carbocycles. The van der Waals surface area contributed by atoms with Gasteiger partial charge in [-0.25, -0.2) is 0 Å². The summed E-state index contributed by atoms with van der Waals surface area (Å²) in [5, 5.41) is 13.5. The van der Waals surface area contributed by atoms with E-state index in [1.165, 1.54) is 29.0 Å². The van der Waals surface area contributed by atoms with Gasteiger partial charge >= 0.3 is 0 Å². The van der Waals surface area contributed by atoms with Gasteiger partial charge in [-0.1, -0.05) is 12.1 Å². The van der Waals surface area contributed by atoms with Crippen molar-refractivity contribution in [3.05, 3.63) is 41.3 Å². The fraction of sp³-hybridized carbons (Fsp3) is 0.474. The Morgan fingerprint density at radius 2 is 1.91 bits per heavy atom. The molecule has 4 heteroatoms. The van der Waals surface area contributed by atoms with Crippen LogP contribution >= 0.6 is 11.3 Å². The Kier molecular flexibility index (Phi) is 4.14. The molecule has 1 heterocycles. The summed E-state index contributed by atoms with van der Waals surface area (Å²) in [6.45, 7) is 0. The third-order valence-electron chi connectivity index (χ3n) is 5.13. The summed E-state index contributed by atoms with van der Waals surface area (Å²) in [4.78, 5) is 2.71. The molecular weight excluding hydrogens is 304 g/mol. The van der Waals surface area contributed by atoms with Gasteiger partial charge < -0.3 is 16.2 Å². The fourth-order valence-electron chi connectivity index (χ4n) is 3.65. The molecule has 0 saturated heterocycles. The summed E-state index contributed by atoms with van der Waals surface area (Å²) < 4.78 is 0. The highest BCUT2D eigenvalue weighted by Gasteiger charge is 2.40. The number of rotatable bonds is 4. The SMILES string of the molecule is NC1CCC(N[C@@H]2C[C@H]2c2ccc(-c3cccc(O)c3)s2)CC1. The van der Waals surface area contributed by atoms with Crippen LogP contribution in [0.3, 0.4) is 0 Å². The average Bonchev–Trinajstić information content (AvgIpc) is 3.13. The molecule has 4 rings (SSSR count). The number of phenolic OH excluding ortho intramolecular Hbond substituents is 1. The number of nitrogens with one attached hydrogen (secondary N) is 1. The van der Waals surface area contributed by atoms with Gasteiger partial charge in [0.25, 0.3) is 0 Å². The number of phenols is 1. The summed E-state index contributed by atoms with van der Waals surface area (Å²) in [6.07, 6.45) is 6.03. The summed E-state index contributed by atoms with van der Waals surface area (Å²) in [5.74, 6) is 1.00. The maximum Gasteiger partial charge on any atom is 0.116 e. The van der Waals surface area contributed by atoms with E-state index in [9.17, 15) is 5.11 Å². The zero-order valence-electron chi connectivity index (χ0n) is 13.2. The second-order valence-electron chi connectivity index (χ2n) is 6.98. The Labute approximate surface area is 141 Å². The van der Waals surface area contributed by atoms with Crippen molar-refractivity contribution >= 4 is 11.3 Å². The quantitative estimate of drug-likeness (QED) is 0.799. The van der Waals surface area contributed by atoms with Crippen molar-refractivity contribution in [1.29, 1.82) is 0 Å². The highest BCUT2D eigenvalue weighted by molar-refractivity contribution is 7.15. The van der Waals surface area contributed by atoms with Gasteiger partial charge in [0.15, 0.2) is 0 Å². The van der Waals surface area contributed by atoms with Gasteiger partial charge in [-0.3, -0.25) is 0 Å². The number of aromatic hydroxyl groups is 1. The van der Waals surface area contributed by atoms with Crippen molar-refractivity contribution in [2.45, 2.75) is 56.1 Å². The molecule has 2 aliphatic carbocycles. The molecule has 0 bridgehead atoms. The van der Waals surface area contributed by atoms with Crippen LogP contribution in [-0.2, 0) is 0 Å². The molecule has 0 radical (unpaired) electrons. The molecule has 4 N–H and O–H groups in total. The molecule has 0 unspecified atom stereocenters. The molecule has 2 aromatic rings. The third kappa shape index (κ3) is 3.44. The molecular formula is C19H24N2OS. The summed E-state index contributed by atoms with van der Waals surface area (Å²) in [6, 6.07) is 13.7. The van der Waals surface area contributed by atoms with Gasteiger partial charge in [0.05, 0.1) is 0 Å². The molecule has 1 aromatic heterocycles. The molecule has 2 fully saturated rings. The zero-order valence-corrected chi connectivity index (χ0v) is 14.1. The first-order valence-corrected chi connectivity index (χ1v) is 9.41. The van der Waals surface area contributed by atoms with Gasteiger partial charge in [-0.2, -0.15) is 0 Å². The van der Waals surface area contributed by atoms with Crippen LogP contribution in [0.5, 0.6) is 5.75 Å². The topological polar surface area (TPSA) is 58.3 Å². The van der Waals surface area contributed by atoms with Gasteiger partial charge in [0.1, 0.15) is 5.75 Å². The van der Waals surface area contributed by atoms with E-state index >= 15 is 0 Å². The van der Waals surface area contributed by atoms with Gasteiger partial charge in [-0.05, 0) is 61.9 Å². The second kappa shape index (κ2) is 6.27. The lowest BCUT2D eigenvalue weighted by molar-refractivity contribution is 0.340. The van der Waals surface area contributed by atoms with E-state index in [0.717, 1.165) is 18.4 Å². The first-order chi connectivity index (χ1) is 11.2. The van der Waals surface area contributed by atoms with E-state index in [1.807, 2.05) is 23.5 Å². The van der Waals surface area contributed by atoms with Crippen LogP contribution in [-0.4, -0.2) is 23.2 Å². The van der Waals surface area contributed by atoms with Crippen molar-refractivity contribution < 1.29 is 5.11 Å². The zero-order chi connectivity index (χ0) is 15.8. The van der Waals surface area contributed by atoms with E-state index in [2.05, 4.69) is 23.5 Å². The number of benzene rings is 1. The van der Waals surface area contributed by atoms with Crippen LogP contribution in [0.1, 0.15) is 42.9 Å². The summed E-state index contributed by atoms with van der Waals surface area (Å²) >= 11 is 1.86. The molecule has 2 saturated carbocycles. The maximum absolute atomic E-state index is 9.63. The van der Waals surface area contributed by atoms with Crippen LogP contribution in [0.25, 0.3) is 10.4 Å². The van der Waals surface area contributed by atoms with Crippen molar-refractivity contribution in [3.8, 4) is 16.2 Å². The smallest absolute Gasteiger partial charge is 0.116 e. The first-order valence-electron chi connectivity index (χ1n) is 8.60. The van der Waals surface area contributed by atoms with E-state index in [4.69, 9.17) is 5.73 Å². The number of nitrogens with two attached hydrogens (primary N) is 1. The highest BCUT2D eigenvalue weighted by atomic mass is 32.1. The monoisotopic (exact) mass is 328 g/mol. The van der Waals surface area contributed by atoms with Crippen LogP contribution in [0.2, 0.25) is 0 Å². The second-order valence-corrected chi connectivity index (χ2v) is 8.09. The molecule has 23 heavy (non-hydrogen) atoms. The van der Waals surface area contributed by atoms with Crippen LogP contribution < -0.4 is 11.1 Å². The van der Waals surface area contributed by atoms with E-state index in [-0.39, 0.29) is 0 Å². The number of hydrogen-bond donors (Lipinski definition) is 3. The van der Waals surface area contributed by atoms with Crippen molar-refractivity contribution in [2.24, 2.45) is 5.73 Å². The predicted octanol–water partition coefficient (Wildman–Crippen LogP) is 3.84. The molecule has 0 amide bonds. The molecule has 3 nitrogen and oxygen atoms in total. The Balaban J connectivity index is 1.37. The maximum atomic E-state index is 9.63. The standard InChI is InChI=1S/C19H24N2OS/c20-13-4-6-14(7-5-13)21-17-11-16(17)19-9-8-18(23-19)12-2-1-3-15(22)10-12/h1-3,8-10,13-14,16-17,21-22H,4-7,11,20H2/t13?,14?,16-,17-/m1/s1. The van der Waals surface area contributed by atoms with Crippen molar-refractivity contribution in [2.75, 3.05) is 0 Å². The van der Waals surface area contributed by atoms with E-state index < -0.39 is 0 Å². The minimum absolute atomic E-state index is 0.332. The Bertz CT molecular complexity index is 676. The van der Waals surface area contributed by atoms with Crippen LogP contribution in [0, 0.1) is 0 Å². The fourth-order valence-corrected chi connectivity index (χ4v) is 4.83. The molecule has 2 atom stereocenters. The molecule has 2 aliphatic rings. The lowest BCUT2D eigenvalue weighted by atomic mass is 9.92. The molecule has 0 spiro atoms. The molecule has 122 valence electrons. The largest absolute Gasteiger partial charge is 0.508 e. The Morgan fingerprint density at radius 3 is 2.70 bits per heavy atom. The lowest BCUT2D eigenvalue weighted by Crippen LogP contribution is -2.38. The first kappa shape index (κ1) is 15.2. The van der Waals surface area contributed by atoms with Crippen molar-refractivity contribution in [3.63, 3.8) is 0 Å². The van der Waals surface area contributed by atoms with Gasteiger partial charge in [0.2, 0.25) is 0 Å². The average molecular weight is 328 g/mol. The highest BCUT2D eigenvalue weighted by Crippen LogP contribution is 2.46. The number of thiophene rings is 1. The minimum Gasteiger partial charge on any atom is -0.508 e. The normalized spacial score (nSPS) is 30.3. The van der Waals surface area contributed by atoms with Gasteiger partial charge in [-0.15, -0.1) is 11.3 Å². The van der Waals surface area contributed by atoms with E-state index in [0.29, 0.717) is 29.8 Å². The summed E-state index contributed by atoms with van der Waals surface area (Å²) in [5.41, 5.74) is 7.09. The summed E-state index contributed by atoms with van der Waals surface area (Å²) in [7, 11) is 0. The third-order valence-corrected chi connectivity index (χ3v) is 6.40. The minimum atomic E-state index is 0.332. The molecule has 0 aliphatic heterocycles. The lowest BCUT2D eigenvalue weighted by Gasteiger charge is -2.27. The Morgan fingerprint density at radius 1 is 1.09 bits per heavy atom. The van der Waals surface area contributed by atoms with Gasteiger partial charge in [0, 0.05) is 33.8 Å². The predicted molar refractivity (Wildman–Crippen MR) is 95.9 cm³/mol. The van der Waals surface area contributed by atoms with Crippen molar-refractivity contribution in [1.82, 2.24) is 5.32 Å². The van der Waals surface area contributed by atoms with Crippen LogP contribution in [0.4, 0.5) is 0 Å².